The minimum atomic E-state index is -0.828. The number of thiazole rings is 1. The van der Waals surface area contributed by atoms with Gasteiger partial charge in [-0.25, -0.2) is 4.98 Å². The fourth-order valence-corrected chi connectivity index (χ4v) is 3.59. The Morgan fingerprint density at radius 1 is 1.30 bits per heavy atom. The van der Waals surface area contributed by atoms with E-state index in [0.29, 0.717) is 25.1 Å². The molecule has 2 heterocycles. The third kappa shape index (κ3) is 3.76. The van der Waals surface area contributed by atoms with Gasteiger partial charge in [0.15, 0.2) is 0 Å². The highest BCUT2D eigenvalue weighted by Crippen LogP contribution is 2.21. The molecule has 1 aliphatic heterocycles. The van der Waals surface area contributed by atoms with E-state index in [0.717, 1.165) is 17.0 Å². The molecule has 3 rings (SSSR count). The number of carbonyl (C=O) groups is 2. The highest BCUT2D eigenvalue weighted by atomic mass is 32.1. The van der Waals surface area contributed by atoms with Crippen LogP contribution in [0, 0.1) is 5.92 Å². The zero-order valence-corrected chi connectivity index (χ0v) is 13.5. The minimum Gasteiger partial charge on any atom is -0.481 e. The van der Waals surface area contributed by atoms with Gasteiger partial charge in [0, 0.05) is 24.9 Å². The summed E-state index contributed by atoms with van der Waals surface area (Å²) in [4.78, 5) is 29.7. The molecule has 0 aliphatic carbocycles. The van der Waals surface area contributed by atoms with Crippen LogP contribution < -0.4 is 0 Å². The van der Waals surface area contributed by atoms with Gasteiger partial charge in [0.2, 0.25) is 0 Å². The van der Waals surface area contributed by atoms with Gasteiger partial charge in [0.1, 0.15) is 5.69 Å². The molecule has 1 atom stereocenters. The van der Waals surface area contributed by atoms with Crippen LogP contribution in [0.15, 0.2) is 35.7 Å². The number of carboxylic acid groups (broad SMARTS) is 1. The van der Waals surface area contributed by atoms with E-state index < -0.39 is 11.9 Å². The Kier molecular flexibility index (Phi) is 4.71. The van der Waals surface area contributed by atoms with Crippen LogP contribution >= 0.6 is 11.3 Å². The average molecular weight is 330 g/mol. The Bertz CT molecular complexity index is 699. The Hall–Kier alpha value is -2.21. The smallest absolute Gasteiger partial charge is 0.308 e. The van der Waals surface area contributed by atoms with Crippen LogP contribution in [0.4, 0.5) is 0 Å². The molecule has 1 aliphatic rings. The third-order valence-electron chi connectivity index (χ3n) is 4.03. The van der Waals surface area contributed by atoms with Gasteiger partial charge < -0.3 is 10.0 Å². The second-order valence-corrected chi connectivity index (χ2v) is 6.66. The summed E-state index contributed by atoms with van der Waals surface area (Å²) in [6, 6.07) is 10.00. The molecule has 1 N–H and O–H groups in total. The molecule has 0 spiro atoms. The van der Waals surface area contributed by atoms with Gasteiger partial charge >= 0.3 is 5.97 Å². The van der Waals surface area contributed by atoms with Crippen molar-refractivity contribution in [3.63, 3.8) is 0 Å². The van der Waals surface area contributed by atoms with Gasteiger partial charge in [-0.15, -0.1) is 11.3 Å². The van der Waals surface area contributed by atoms with Crippen LogP contribution in [0.3, 0.4) is 0 Å². The molecule has 23 heavy (non-hydrogen) atoms. The first-order valence-corrected chi connectivity index (χ1v) is 8.52. The maximum absolute atomic E-state index is 12.5. The zero-order valence-electron chi connectivity index (χ0n) is 12.6. The van der Waals surface area contributed by atoms with Crippen LogP contribution in [-0.4, -0.2) is 40.0 Å². The van der Waals surface area contributed by atoms with Crippen molar-refractivity contribution in [2.45, 2.75) is 19.3 Å². The summed E-state index contributed by atoms with van der Waals surface area (Å²) in [7, 11) is 0. The number of rotatable bonds is 4. The quantitative estimate of drug-likeness (QED) is 0.935. The van der Waals surface area contributed by atoms with Gasteiger partial charge in [-0.05, 0) is 18.4 Å². The lowest BCUT2D eigenvalue weighted by atomic mass is 9.98. The molecule has 120 valence electrons. The van der Waals surface area contributed by atoms with E-state index in [1.54, 1.807) is 10.3 Å². The van der Waals surface area contributed by atoms with E-state index in [4.69, 9.17) is 5.11 Å². The Morgan fingerprint density at radius 3 is 2.83 bits per heavy atom. The summed E-state index contributed by atoms with van der Waals surface area (Å²) < 4.78 is 0. The first-order chi connectivity index (χ1) is 11.1. The summed E-state index contributed by atoms with van der Waals surface area (Å²) in [6.45, 7) is 0.883. The van der Waals surface area contributed by atoms with Crippen molar-refractivity contribution in [3.8, 4) is 0 Å². The van der Waals surface area contributed by atoms with Crippen molar-refractivity contribution < 1.29 is 14.7 Å². The van der Waals surface area contributed by atoms with Crippen LogP contribution in [-0.2, 0) is 11.2 Å². The summed E-state index contributed by atoms with van der Waals surface area (Å²) >= 11 is 1.47. The SMILES string of the molecule is O=C(O)[C@@H]1CCCN(C(=O)c2csc(Cc3ccccc3)n2)C1. The third-order valence-corrected chi connectivity index (χ3v) is 4.88. The van der Waals surface area contributed by atoms with Crippen molar-refractivity contribution in [3.05, 3.63) is 52.0 Å². The monoisotopic (exact) mass is 330 g/mol. The second-order valence-electron chi connectivity index (χ2n) is 5.72. The van der Waals surface area contributed by atoms with Crippen molar-refractivity contribution in [2.24, 2.45) is 5.92 Å². The summed E-state index contributed by atoms with van der Waals surface area (Å²) in [5.74, 6) is -1.45. The molecule has 0 saturated carbocycles. The van der Waals surface area contributed by atoms with E-state index in [9.17, 15) is 9.59 Å². The van der Waals surface area contributed by atoms with Crippen molar-refractivity contribution in [1.29, 1.82) is 0 Å². The van der Waals surface area contributed by atoms with Crippen LogP contribution in [0.25, 0.3) is 0 Å². The number of hydrogen-bond donors (Lipinski definition) is 1. The molecule has 1 aromatic heterocycles. The topological polar surface area (TPSA) is 70.5 Å². The molecule has 2 aromatic rings. The largest absolute Gasteiger partial charge is 0.481 e. The number of aliphatic carboxylic acids is 1. The summed E-state index contributed by atoms with van der Waals surface area (Å²) in [5.41, 5.74) is 1.58. The Labute approximate surface area is 138 Å². The number of likely N-dealkylation sites (tertiary alicyclic amines) is 1. The molecule has 0 bridgehead atoms. The molecular formula is C17H18N2O3S. The fraction of sp³-hybridized carbons (Fsp3) is 0.353. The first kappa shape index (κ1) is 15.7. The molecule has 1 amide bonds. The summed E-state index contributed by atoms with van der Waals surface area (Å²) in [6.07, 6.45) is 2.07. The summed E-state index contributed by atoms with van der Waals surface area (Å²) in [5, 5.41) is 11.8. The maximum Gasteiger partial charge on any atom is 0.308 e. The molecule has 0 unspecified atom stereocenters. The van der Waals surface area contributed by atoms with Crippen LogP contribution in [0.2, 0.25) is 0 Å². The number of piperidine rings is 1. The van der Waals surface area contributed by atoms with Crippen molar-refractivity contribution >= 4 is 23.2 Å². The molecule has 5 nitrogen and oxygen atoms in total. The van der Waals surface area contributed by atoms with Crippen LogP contribution in [0.1, 0.15) is 33.9 Å². The highest BCUT2D eigenvalue weighted by Gasteiger charge is 2.29. The van der Waals surface area contributed by atoms with Crippen molar-refractivity contribution in [1.82, 2.24) is 9.88 Å². The number of aromatic nitrogens is 1. The van der Waals surface area contributed by atoms with Gasteiger partial charge in [0.05, 0.1) is 10.9 Å². The van der Waals surface area contributed by atoms with Gasteiger partial charge in [-0.2, -0.15) is 0 Å². The van der Waals surface area contributed by atoms with E-state index in [2.05, 4.69) is 4.98 Å². The number of benzene rings is 1. The number of nitrogens with zero attached hydrogens (tertiary/aromatic N) is 2. The van der Waals surface area contributed by atoms with E-state index in [1.165, 1.54) is 11.3 Å². The highest BCUT2D eigenvalue weighted by molar-refractivity contribution is 7.09. The maximum atomic E-state index is 12.5. The molecule has 6 heteroatoms. The number of carboxylic acids is 1. The molecule has 1 aromatic carbocycles. The van der Waals surface area contributed by atoms with Gasteiger partial charge in [0.25, 0.3) is 5.91 Å². The number of amides is 1. The zero-order chi connectivity index (χ0) is 16.2. The first-order valence-electron chi connectivity index (χ1n) is 7.64. The number of carbonyl (C=O) groups excluding carboxylic acids is 1. The lowest BCUT2D eigenvalue weighted by Crippen LogP contribution is -2.42. The predicted molar refractivity (Wildman–Crippen MR) is 87.6 cm³/mol. The lowest BCUT2D eigenvalue weighted by Gasteiger charge is -2.30. The van der Waals surface area contributed by atoms with Gasteiger partial charge in [-0.3, -0.25) is 9.59 Å². The minimum absolute atomic E-state index is 0.161. The van der Waals surface area contributed by atoms with E-state index in [-0.39, 0.29) is 12.5 Å². The molecule has 1 saturated heterocycles. The molecular weight excluding hydrogens is 312 g/mol. The number of hydrogen-bond acceptors (Lipinski definition) is 4. The molecule has 0 radical (unpaired) electrons. The second kappa shape index (κ2) is 6.91. The predicted octanol–water partition coefficient (Wildman–Crippen LogP) is 2.67. The van der Waals surface area contributed by atoms with E-state index in [1.807, 2.05) is 30.3 Å². The fourth-order valence-electron chi connectivity index (χ4n) is 2.79. The Balaban J connectivity index is 1.67. The Morgan fingerprint density at radius 2 is 2.09 bits per heavy atom. The average Bonchev–Trinajstić information content (AvgIpc) is 3.03. The van der Waals surface area contributed by atoms with Gasteiger partial charge in [-0.1, -0.05) is 30.3 Å². The standard InChI is InChI=1S/C17H18N2O3S/c20-16(19-8-4-7-13(10-19)17(21)22)14-11-23-15(18-14)9-12-5-2-1-3-6-12/h1-3,5-6,11,13H,4,7-10H2,(H,21,22)/t13-/m1/s1. The lowest BCUT2D eigenvalue weighted by molar-refractivity contribution is -0.143. The van der Waals surface area contributed by atoms with Crippen molar-refractivity contribution in [2.75, 3.05) is 13.1 Å². The van der Waals surface area contributed by atoms with E-state index >= 15 is 0 Å². The van der Waals surface area contributed by atoms with Crippen LogP contribution in [0.5, 0.6) is 0 Å². The molecule has 1 fully saturated rings. The normalized spacial score (nSPS) is 17.9.